The van der Waals surface area contributed by atoms with Crippen LogP contribution in [0.15, 0.2) is 0 Å². The molecular formula is C9H15N5S. The standard InChI is InChI=1S/C9H15N5S/c10-8-11-12-9(15)14(8)7-5-13-3-1-6(7)2-4-13/h6-7H,1-5H2,(H2,10,11)(H,12,15). The molecule has 0 amide bonds. The molecule has 1 aromatic rings. The minimum Gasteiger partial charge on any atom is -0.368 e. The number of nitrogens with one attached hydrogen (secondary N) is 1. The molecule has 1 atom stereocenters. The summed E-state index contributed by atoms with van der Waals surface area (Å²) >= 11 is 5.22. The third kappa shape index (κ3) is 1.39. The number of fused-ring (bicyclic) bond motifs is 3. The van der Waals surface area contributed by atoms with E-state index >= 15 is 0 Å². The van der Waals surface area contributed by atoms with Gasteiger partial charge in [-0.2, -0.15) is 0 Å². The summed E-state index contributed by atoms with van der Waals surface area (Å²) in [6, 6.07) is 0.429. The van der Waals surface area contributed by atoms with Crippen LogP contribution in [0.2, 0.25) is 0 Å². The highest BCUT2D eigenvalue weighted by molar-refractivity contribution is 7.71. The fourth-order valence-corrected chi connectivity index (χ4v) is 3.14. The predicted octanol–water partition coefficient (Wildman–Crippen LogP) is 0.790. The van der Waals surface area contributed by atoms with Gasteiger partial charge in [-0.3, -0.25) is 4.57 Å². The minimum absolute atomic E-state index is 0.429. The summed E-state index contributed by atoms with van der Waals surface area (Å²) in [5.74, 6) is 1.25. The molecule has 3 N–H and O–H groups in total. The number of aromatic nitrogens is 3. The number of hydrogen-bond acceptors (Lipinski definition) is 4. The van der Waals surface area contributed by atoms with Gasteiger partial charge >= 0.3 is 0 Å². The van der Waals surface area contributed by atoms with Crippen LogP contribution in [0.5, 0.6) is 0 Å². The second kappa shape index (κ2) is 3.31. The first-order valence-electron chi connectivity index (χ1n) is 5.40. The summed E-state index contributed by atoms with van der Waals surface area (Å²) in [5, 5.41) is 6.75. The normalized spacial score (nSPS) is 34.5. The second-order valence-corrected chi connectivity index (χ2v) is 4.85. The van der Waals surface area contributed by atoms with Gasteiger partial charge in [-0.05, 0) is 44.1 Å². The largest absolute Gasteiger partial charge is 0.368 e. The van der Waals surface area contributed by atoms with Gasteiger partial charge in [0.15, 0.2) is 4.77 Å². The molecule has 82 valence electrons. The molecule has 4 rings (SSSR count). The fourth-order valence-electron chi connectivity index (χ4n) is 2.86. The number of nitrogen functional groups attached to an aromatic ring is 1. The van der Waals surface area contributed by atoms with Crippen LogP contribution >= 0.6 is 12.2 Å². The molecule has 3 fully saturated rings. The van der Waals surface area contributed by atoms with E-state index in [2.05, 4.69) is 15.1 Å². The smallest absolute Gasteiger partial charge is 0.220 e. The molecule has 6 heteroatoms. The molecule has 15 heavy (non-hydrogen) atoms. The van der Waals surface area contributed by atoms with Crippen molar-refractivity contribution in [1.29, 1.82) is 0 Å². The van der Waals surface area contributed by atoms with E-state index in [-0.39, 0.29) is 0 Å². The van der Waals surface area contributed by atoms with Gasteiger partial charge in [-0.25, -0.2) is 5.10 Å². The molecule has 0 radical (unpaired) electrons. The predicted molar refractivity (Wildman–Crippen MR) is 60.0 cm³/mol. The lowest BCUT2D eigenvalue weighted by molar-refractivity contribution is 0.0572. The van der Waals surface area contributed by atoms with Crippen molar-refractivity contribution in [3.63, 3.8) is 0 Å². The zero-order valence-corrected chi connectivity index (χ0v) is 9.33. The van der Waals surface area contributed by atoms with Crippen molar-refractivity contribution in [2.75, 3.05) is 25.4 Å². The Kier molecular flexibility index (Phi) is 2.07. The van der Waals surface area contributed by atoms with E-state index in [0.717, 1.165) is 12.5 Å². The first kappa shape index (κ1) is 9.35. The third-order valence-corrected chi connectivity index (χ3v) is 3.97. The van der Waals surface area contributed by atoms with Crippen LogP contribution in [-0.4, -0.2) is 39.3 Å². The van der Waals surface area contributed by atoms with Gasteiger partial charge in [0.1, 0.15) is 0 Å². The Bertz CT molecular complexity index is 414. The number of H-pyrrole nitrogens is 1. The lowest BCUT2D eigenvalue weighted by Crippen LogP contribution is -2.48. The van der Waals surface area contributed by atoms with Crippen molar-refractivity contribution in [2.24, 2.45) is 5.92 Å². The van der Waals surface area contributed by atoms with Crippen molar-refractivity contribution in [1.82, 2.24) is 19.7 Å². The summed E-state index contributed by atoms with van der Waals surface area (Å²) in [6.45, 7) is 3.53. The molecule has 1 unspecified atom stereocenters. The molecular weight excluding hydrogens is 210 g/mol. The van der Waals surface area contributed by atoms with Crippen LogP contribution in [0.25, 0.3) is 0 Å². The van der Waals surface area contributed by atoms with E-state index in [0.29, 0.717) is 16.8 Å². The summed E-state index contributed by atoms with van der Waals surface area (Å²) in [7, 11) is 0. The van der Waals surface area contributed by atoms with Gasteiger partial charge in [0.25, 0.3) is 0 Å². The molecule has 4 heterocycles. The second-order valence-electron chi connectivity index (χ2n) is 4.46. The van der Waals surface area contributed by atoms with Crippen LogP contribution in [0.4, 0.5) is 5.95 Å². The fraction of sp³-hybridized carbons (Fsp3) is 0.778. The molecule has 0 saturated carbocycles. The molecule has 5 nitrogen and oxygen atoms in total. The van der Waals surface area contributed by atoms with Crippen molar-refractivity contribution >= 4 is 18.2 Å². The van der Waals surface area contributed by atoms with Crippen molar-refractivity contribution in [3.05, 3.63) is 4.77 Å². The van der Waals surface area contributed by atoms with Gasteiger partial charge in [0.05, 0.1) is 6.04 Å². The highest BCUT2D eigenvalue weighted by atomic mass is 32.1. The SMILES string of the molecule is Nc1n[nH]c(=S)n1C1CN2CCC1CC2. The maximum absolute atomic E-state index is 5.84. The monoisotopic (exact) mass is 225 g/mol. The van der Waals surface area contributed by atoms with Crippen LogP contribution in [0.1, 0.15) is 18.9 Å². The zero-order valence-electron chi connectivity index (χ0n) is 8.52. The molecule has 3 aliphatic heterocycles. The average Bonchev–Trinajstić information content (AvgIpc) is 2.60. The topological polar surface area (TPSA) is 62.9 Å². The number of nitrogens with zero attached hydrogens (tertiary/aromatic N) is 3. The number of anilines is 1. The molecule has 2 bridgehead atoms. The zero-order chi connectivity index (χ0) is 10.4. The highest BCUT2D eigenvalue weighted by Crippen LogP contribution is 2.36. The summed E-state index contributed by atoms with van der Waals surface area (Å²) in [6.07, 6.45) is 2.52. The lowest BCUT2D eigenvalue weighted by atomic mass is 9.84. The Morgan fingerprint density at radius 1 is 1.40 bits per heavy atom. The van der Waals surface area contributed by atoms with Gasteiger partial charge in [-0.1, -0.05) is 0 Å². The Morgan fingerprint density at radius 2 is 2.13 bits per heavy atom. The lowest BCUT2D eigenvalue weighted by Gasteiger charge is -2.45. The Labute approximate surface area is 93.3 Å². The molecule has 3 aliphatic rings. The van der Waals surface area contributed by atoms with E-state index in [1.54, 1.807) is 0 Å². The molecule has 0 spiro atoms. The Morgan fingerprint density at radius 3 is 2.60 bits per heavy atom. The Hall–Kier alpha value is -0.880. The maximum Gasteiger partial charge on any atom is 0.220 e. The molecule has 1 aromatic heterocycles. The van der Waals surface area contributed by atoms with Gasteiger partial charge in [0.2, 0.25) is 5.95 Å². The number of piperidine rings is 3. The molecule has 0 aromatic carbocycles. The average molecular weight is 225 g/mol. The van der Waals surface area contributed by atoms with Gasteiger partial charge < -0.3 is 10.6 Å². The van der Waals surface area contributed by atoms with Crippen molar-refractivity contribution in [3.8, 4) is 0 Å². The van der Waals surface area contributed by atoms with E-state index in [9.17, 15) is 0 Å². The van der Waals surface area contributed by atoms with Crippen molar-refractivity contribution < 1.29 is 0 Å². The minimum atomic E-state index is 0.429. The summed E-state index contributed by atoms with van der Waals surface area (Å²) in [4.78, 5) is 2.48. The number of rotatable bonds is 1. The number of nitrogens with two attached hydrogens (primary N) is 1. The quantitative estimate of drug-likeness (QED) is 0.694. The van der Waals surface area contributed by atoms with E-state index < -0.39 is 0 Å². The van der Waals surface area contributed by atoms with Crippen LogP contribution < -0.4 is 5.73 Å². The summed E-state index contributed by atoms with van der Waals surface area (Å²) < 4.78 is 2.65. The van der Waals surface area contributed by atoms with Crippen molar-refractivity contribution in [2.45, 2.75) is 18.9 Å². The van der Waals surface area contributed by atoms with Gasteiger partial charge in [0, 0.05) is 6.54 Å². The van der Waals surface area contributed by atoms with Crippen LogP contribution in [-0.2, 0) is 0 Å². The third-order valence-electron chi connectivity index (χ3n) is 3.69. The molecule has 3 saturated heterocycles. The van der Waals surface area contributed by atoms with E-state index in [1.165, 1.54) is 25.9 Å². The highest BCUT2D eigenvalue weighted by Gasteiger charge is 2.36. The number of hydrogen-bond donors (Lipinski definition) is 2. The number of aromatic amines is 1. The Balaban J connectivity index is 1.98. The first-order valence-corrected chi connectivity index (χ1v) is 5.81. The summed E-state index contributed by atoms with van der Waals surface area (Å²) in [5.41, 5.74) is 5.84. The first-order chi connectivity index (χ1) is 7.25. The van der Waals surface area contributed by atoms with Crippen LogP contribution in [0, 0.1) is 10.7 Å². The molecule has 0 aliphatic carbocycles. The van der Waals surface area contributed by atoms with Gasteiger partial charge in [-0.15, -0.1) is 5.10 Å². The van der Waals surface area contributed by atoms with E-state index in [1.807, 2.05) is 4.57 Å². The van der Waals surface area contributed by atoms with Crippen LogP contribution in [0.3, 0.4) is 0 Å². The maximum atomic E-state index is 5.84. The van der Waals surface area contributed by atoms with E-state index in [4.69, 9.17) is 18.0 Å².